The summed E-state index contributed by atoms with van der Waals surface area (Å²) in [5, 5.41) is 3.38. The van der Waals surface area contributed by atoms with Crippen LogP contribution in [0.2, 0.25) is 0 Å². The summed E-state index contributed by atoms with van der Waals surface area (Å²) in [5.74, 6) is 0. The normalized spacial score (nSPS) is 24.6. The van der Waals surface area contributed by atoms with Gasteiger partial charge in [0.05, 0.1) is 18.8 Å². The highest BCUT2D eigenvalue weighted by Gasteiger charge is 2.33. The van der Waals surface area contributed by atoms with Gasteiger partial charge in [-0.2, -0.15) is 0 Å². The smallest absolute Gasteiger partial charge is 0.0755 e. The lowest BCUT2D eigenvalue weighted by molar-refractivity contribution is 0.0305. The highest BCUT2D eigenvalue weighted by Crippen LogP contribution is 2.31. The summed E-state index contributed by atoms with van der Waals surface area (Å²) < 4.78 is 12.1. The van der Waals surface area contributed by atoms with Crippen LogP contribution in [0.3, 0.4) is 0 Å². The van der Waals surface area contributed by atoms with Crippen LogP contribution in [0.15, 0.2) is 22.7 Å². The molecule has 2 saturated heterocycles. The van der Waals surface area contributed by atoms with Gasteiger partial charge >= 0.3 is 0 Å². The van der Waals surface area contributed by atoms with E-state index in [1.165, 1.54) is 28.6 Å². The number of rotatable bonds is 6. The molecule has 116 valence electrons. The Morgan fingerprint density at radius 3 is 2.76 bits per heavy atom. The lowest BCUT2D eigenvalue weighted by Crippen LogP contribution is -2.42. The van der Waals surface area contributed by atoms with Crippen molar-refractivity contribution < 1.29 is 9.47 Å². The van der Waals surface area contributed by atoms with Crippen LogP contribution in [0.4, 0.5) is 5.69 Å². The van der Waals surface area contributed by atoms with Crippen molar-refractivity contribution >= 4 is 21.6 Å². The number of hydrogen-bond donors (Lipinski definition) is 1. The van der Waals surface area contributed by atoms with Crippen molar-refractivity contribution in [2.45, 2.75) is 31.6 Å². The molecule has 1 aromatic rings. The number of ether oxygens (including phenoxy) is 2. The Bertz CT molecular complexity index is 471. The van der Waals surface area contributed by atoms with E-state index in [0.29, 0.717) is 12.2 Å². The molecule has 4 nitrogen and oxygen atoms in total. The average Bonchev–Trinajstić information content (AvgIpc) is 2.83. The molecule has 0 saturated carbocycles. The van der Waals surface area contributed by atoms with Gasteiger partial charge < -0.3 is 19.7 Å². The van der Waals surface area contributed by atoms with Crippen molar-refractivity contribution in [1.82, 2.24) is 5.32 Å². The molecule has 0 aliphatic carbocycles. The number of nitrogens with zero attached hydrogens (tertiary/aromatic N) is 1. The van der Waals surface area contributed by atoms with E-state index in [-0.39, 0.29) is 0 Å². The fourth-order valence-electron chi connectivity index (χ4n) is 3.10. The van der Waals surface area contributed by atoms with Gasteiger partial charge in [0, 0.05) is 43.4 Å². The van der Waals surface area contributed by atoms with Crippen molar-refractivity contribution in [1.29, 1.82) is 0 Å². The molecule has 0 radical (unpaired) electrons. The Balaban J connectivity index is 1.61. The molecule has 2 atom stereocenters. The first-order valence-corrected chi connectivity index (χ1v) is 8.44. The number of anilines is 1. The van der Waals surface area contributed by atoms with Crippen LogP contribution in [0.25, 0.3) is 0 Å². The van der Waals surface area contributed by atoms with Gasteiger partial charge in [0.15, 0.2) is 0 Å². The molecule has 21 heavy (non-hydrogen) atoms. The standard InChI is InChI=1S/C16H23BrN2O2/c1-20-7-6-18-9-12-2-3-13(8-16(12)17)19-10-14-4-5-15(11-19)21-14/h2-3,8,14-15,18H,4-7,9-11H2,1H3. The van der Waals surface area contributed by atoms with E-state index in [9.17, 15) is 0 Å². The molecular formula is C16H23BrN2O2. The average molecular weight is 355 g/mol. The van der Waals surface area contributed by atoms with Crippen LogP contribution in [0.5, 0.6) is 0 Å². The van der Waals surface area contributed by atoms with Gasteiger partial charge in [-0.25, -0.2) is 0 Å². The van der Waals surface area contributed by atoms with Crippen LogP contribution >= 0.6 is 15.9 Å². The zero-order valence-electron chi connectivity index (χ0n) is 12.5. The van der Waals surface area contributed by atoms with E-state index in [4.69, 9.17) is 9.47 Å². The maximum atomic E-state index is 5.90. The zero-order valence-corrected chi connectivity index (χ0v) is 14.1. The highest BCUT2D eigenvalue weighted by atomic mass is 79.9. The molecule has 2 unspecified atom stereocenters. The number of benzene rings is 1. The van der Waals surface area contributed by atoms with Gasteiger partial charge in [-0.05, 0) is 30.5 Å². The van der Waals surface area contributed by atoms with Gasteiger partial charge in [0.1, 0.15) is 0 Å². The summed E-state index contributed by atoms with van der Waals surface area (Å²) in [7, 11) is 1.72. The molecule has 0 amide bonds. The highest BCUT2D eigenvalue weighted by molar-refractivity contribution is 9.10. The second-order valence-corrected chi connectivity index (χ2v) is 6.66. The van der Waals surface area contributed by atoms with Crippen molar-refractivity contribution in [3.05, 3.63) is 28.2 Å². The number of nitrogens with one attached hydrogen (secondary N) is 1. The topological polar surface area (TPSA) is 33.7 Å². The Labute approximate surface area is 134 Å². The molecular weight excluding hydrogens is 332 g/mol. The van der Waals surface area contributed by atoms with Gasteiger partial charge in [-0.15, -0.1) is 0 Å². The van der Waals surface area contributed by atoms with Crippen LogP contribution in [0, 0.1) is 0 Å². The maximum absolute atomic E-state index is 5.90. The zero-order chi connectivity index (χ0) is 14.7. The monoisotopic (exact) mass is 354 g/mol. The maximum Gasteiger partial charge on any atom is 0.0755 e. The largest absolute Gasteiger partial charge is 0.383 e. The van der Waals surface area contributed by atoms with E-state index in [0.717, 1.165) is 32.8 Å². The van der Waals surface area contributed by atoms with Crippen LogP contribution in [-0.2, 0) is 16.0 Å². The minimum absolute atomic E-state index is 0.429. The van der Waals surface area contributed by atoms with E-state index < -0.39 is 0 Å². The minimum atomic E-state index is 0.429. The number of fused-ring (bicyclic) bond motifs is 2. The van der Waals surface area contributed by atoms with Gasteiger partial charge in [0.2, 0.25) is 0 Å². The Hall–Kier alpha value is -0.620. The quantitative estimate of drug-likeness (QED) is 0.796. The lowest BCUT2D eigenvalue weighted by Gasteiger charge is -2.34. The Morgan fingerprint density at radius 1 is 1.33 bits per heavy atom. The van der Waals surface area contributed by atoms with Crippen molar-refractivity contribution in [3.63, 3.8) is 0 Å². The molecule has 3 rings (SSSR count). The van der Waals surface area contributed by atoms with E-state index >= 15 is 0 Å². The number of methoxy groups -OCH3 is 1. The van der Waals surface area contributed by atoms with Gasteiger partial charge in [-0.1, -0.05) is 22.0 Å². The molecule has 2 heterocycles. The number of morpholine rings is 1. The molecule has 1 N–H and O–H groups in total. The second kappa shape index (κ2) is 7.09. The van der Waals surface area contributed by atoms with Crippen LogP contribution < -0.4 is 10.2 Å². The van der Waals surface area contributed by atoms with Crippen molar-refractivity contribution in [2.24, 2.45) is 0 Å². The summed E-state index contributed by atoms with van der Waals surface area (Å²) in [5.41, 5.74) is 2.58. The molecule has 1 aromatic carbocycles. The molecule has 0 spiro atoms. The van der Waals surface area contributed by atoms with E-state index in [1.807, 2.05) is 0 Å². The molecule has 5 heteroatoms. The Kier molecular flexibility index (Phi) is 5.16. The predicted octanol–water partition coefficient (Wildman–Crippen LogP) is 2.55. The van der Waals surface area contributed by atoms with Crippen molar-refractivity contribution in [3.8, 4) is 0 Å². The van der Waals surface area contributed by atoms with Gasteiger partial charge in [-0.3, -0.25) is 0 Å². The summed E-state index contributed by atoms with van der Waals surface area (Å²) in [6, 6.07) is 6.66. The minimum Gasteiger partial charge on any atom is -0.383 e. The molecule has 0 aromatic heterocycles. The SMILES string of the molecule is COCCNCc1ccc(N2CC3CCC(C2)O3)cc1Br. The first-order valence-electron chi connectivity index (χ1n) is 7.65. The molecule has 2 aliphatic heterocycles. The third-order valence-corrected chi connectivity index (χ3v) is 4.98. The first kappa shape index (κ1) is 15.3. The van der Waals surface area contributed by atoms with E-state index in [2.05, 4.69) is 44.3 Å². The second-order valence-electron chi connectivity index (χ2n) is 5.81. The molecule has 2 bridgehead atoms. The van der Waals surface area contributed by atoms with Crippen LogP contribution in [0.1, 0.15) is 18.4 Å². The summed E-state index contributed by atoms with van der Waals surface area (Å²) in [6.45, 7) is 4.52. The molecule has 2 fully saturated rings. The molecule has 2 aliphatic rings. The first-order chi connectivity index (χ1) is 10.3. The van der Waals surface area contributed by atoms with Crippen LogP contribution in [-0.4, -0.2) is 45.6 Å². The number of hydrogen-bond acceptors (Lipinski definition) is 4. The fraction of sp³-hybridized carbons (Fsp3) is 0.625. The number of halogens is 1. The summed E-state index contributed by atoms with van der Waals surface area (Å²) in [6.07, 6.45) is 3.28. The summed E-state index contributed by atoms with van der Waals surface area (Å²) >= 11 is 3.70. The van der Waals surface area contributed by atoms with Gasteiger partial charge in [0.25, 0.3) is 0 Å². The van der Waals surface area contributed by atoms with Crippen molar-refractivity contribution in [2.75, 3.05) is 38.3 Å². The Morgan fingerprint density at radius 2 is 2.10 bits per heavy atom. The lowest BCUT2D eigenvalue weighted by atomic mass is 10.1. The predicted molar refractivity (Wildman–Crippen MR) is 87.8 cm³/mol. The third kappa shape index (κ3) is 3.77. The summed E-state index contributed by atoms with van der Waals surface area (Å²) in [4.78, 5) is 2.46. The fourth-order valence-corrected chi connectivity index (χ4v) is 3.61. The third-order valence-electron chi connectivity index (χ3n) is 4.24. The van der Waals surface area contributed by atoms with E-state index in [1.54, 1.807) is 7.11 Å².